The topological polar surface area (TPSA) is 97.7 Å². The second kappa shape index (κ2) is 13.1. The molecule has 1 N–H and O–H groups in total. The van der Waals surface area contributed by atoms with Crippen LogP contribution in [0.4, 0.5) is 17.1 Å². The summed E-state index contributed by atoms with van der Waals surface area (Å²) < 4.78 is 0. The number of rotatable bonds is 8. The Balaban J connectivity index is 1.16. The van der Waals surface area contributed by atoms with Gasteiger partial charge < -0.3 is 15.1 Å². The maximum Gasteiger partial charge on any atom is 0.259 e. The van der Waals surface area contributed by atoms with E-state index in [9.17, 15) is 14.4 Å². The summed E-state index contributed by atoms with van der Waals surface area (Å²) in [5, 5.41) is 2.93. The first kappa shape index (κ1) is 29.6. The average Bonchev–Trinajstić information content (AvgIpc) is 3.40. The number of aliphatic imine (C=N–C) groups is 2. The van der Waals surface area contributed by atoms with Gasteiger partial charge in [0.05, 0.1) is 17.4 Å². The van der Waals surface area contributed by atoms with Crippen LogP contribution in [0.25, 0.3) is 0 Å². The van der Waals surface area contributed by atoms with E-state index in [1.807, 2.05) is 78.6 Å². The molecule has 3 heterocycles. The second-order valence-electron chi connectivity index (χ2n) is 11.0. The number of anilines is 2. The maximum absolute atomic E-state index is 13.8. The molecule has 0 radical (unpaired) electrons. The molecule has 0 bridgehead atoms. The highest BCUT2D eigenvalue weighted by molar-refractivity contribution is 8.15. The molecule has 3 aromatic carbocycles. The van der Waals surface area contributed by atoms with Gasteiger partial charge in [-0.25, -0.2) is 9.89 Å². The number of nitrogens with zero attached hydrogens (tertiary/aromatic N) is 5. The Morgan fingerprint density at radius 1 is 0.932 bits per heavy atom. The molecule has 3 aliphatic heterocycles. The lowest BCUT2D eigenvalue weighted by atomic mass is 10.1. The Kier molecular flexibility index (Phi) is 8.79. The Morgan fingerprint density at radius 3 is 2.34 bits per heavy atom. The number of piperazine rings is 1. The van der Waals surface area contributed by atoms with E-state index in [4.69, 9.17) is 9.98 Å². The fraction of sp³-hybridized carbons (Fsp3) is 0.324. The third-order valence-corrected chi connectivity index (χ3v) is 9.53. The molecule has 1 saturated heterocycles. The van der Waals surface area contributed by atoms with Gasteiger partial charge in [-0.2, -0.15) is 0 Å². The lowest BCUT2D eigenvalue weighted by Gasteiger charge is -2.36. The van der Waals surface area contributed by atoms with Gasteiger partial charge in [-0.3, -0.25) is 19.4 Å². The van der Waals surface area contributed by atoms with Crippen molar-refractivity contribution in [2.75, 3.05) is 36.4 Å². The molecule has 10 heteroatoms. The van der Waals surface area contributed by atoms with E-state index in [-0.39, 0.29) is 24.1 Å². The van der Waals surface area contributed by atoms with Gasteiger partial charge in [-0.1, -0.05) is 68.1 Å². The first-order valence-electron chi connectivity index (χ1n) is 15.2. The Hall–Kier alpha value is -4.44. The van der Waals surface area contributed by atoms with Crippen LogP contribution < -0.4 is 10.2 Å². The van der Waals surface area contributed by atoms with Crippen LogP contribution >= 0.6 is 11.8 Å². The van der Waals surface area contributed by atoms with Gasteiger partial charge in [0.1, 0.15) is 11.9 Å². The van der Waals surface area contributed by atoms with Crippen LogP contribution in [0.2, 0.25) is 0 Å². The minimum absolute atomic E-state index is 0.00423. The van der Waals surface area contributed by atoms with E-state index in [0.717, 1.165) is 36.4 Å². The van der Waals surface area contributed by atoms with E-state index < -0.39 is 11.3 Å². The molecular weight excluding hydrogens is 572 g/mol. The summed E-state index contributed by atoms with van der Waals surface area (Å²) >= 11 is 1.25. The van der Waals surface area contributed by atoms with Crippen molar-refractivity contribution >= 4 is 57.5 Å². The predicted octanol–water partition coefficient (Wildman–Crippen LogP) is 5.10. The zero-order valence-electron chi connectivity index (χ0n) is 25.0. The average molecular weight is 609 g/mol. The summed E-state index contributed by atoms with van der Waals surface area (Å²) in [5.41, 5.74) is 4.49. The van der Waals surface area contributed by atoms with E-state index in [1.54, 1.807) is 0 Å². The third-order valence-electron chi connectivity index (χ3n) is 8.21. The van der Waals surface area contributed by atoms with Crippen molar-refractivity contribution in [3.05, 3.63) is 90.0 Å². The van der Waals surface area contributed by atoms with Crippen LogP contribution in [-0.4, -0.2) is 76.0 Å². The second-order valence-corrected chi connectivity index (χ2v) is 12.2. The summed E-state index contributed by atoms with van der Waals surface area (Å²) in [6, 6.07) is 24.7. The maximum atomic E-state index is 13.8. The number of para-hydroxylation sites is 2. The van der Waals surface area contributed by atoms with Gasteiger partial charge in [0.2, 0.25) is 11.8 Å². The molecule has 6 rings (SSSR count). The van der Waals surface area contributed by atoms with Gasteiger partial charge in [-0.15, -0.1) is 0 Å². The van der Waals surface area contributed by atoms with Gasteiger partial charge >= 0.3 is 0 Å². The third kappa shape index (κ3) is 6.12. The monoisotopic (exact) mass is 608 g/mol. The highest BCUT2D eigenvalue weighted by atomic mass is 32.2. The number of carbonyl (C=O) groups excluding carboxylic acids is 3. The molecule has 0 spiro atoms. The highest BCUT2D eigenvalue weighted by Gasteiger charge is 2.43. The number of hydrogen-bond acceptors (Lipinski definition) is 7. The molecule has 3 aromatic rings. The molecule has 0 aromatic heterocycles. The molecule has 1 fully saturated rings. The van der Waals surface area contributed by atoms with Crippen LogP contribution in [0.3, 0.4) is 0 Å². The van der Waals surface area contributed by atoms with E-state index >= 15 is 0 Å². The number of carbonyl (C=O) groups is 3. The molecular formula is C34H36N6O3S. The van der Waals surface area contributed by atoms with E-state index in [0.29, 0.717) is 36.2 Å². The molecule has 2 atom stereocenters. The molecule has 3 amide bonds. The number of amides is 3. The van der Waals surface area contributed by atoms with Crippen molar-refractivity contribution in [2.24, 2.45) is 9.98 Å². The zero-order valence-corrected chi connectivity index (χ0v) is 25.8. The van der Waals surface area contributed by atoms with Crippen LogP contribution in [-0.2, 0) is 20.8 Å². The standard InChI is InChI=1S/C34H36N6O3S/c1-3-23-14-16-24(17-15-23)35-32(42)29(4-2)44-34-37-27-13-9-8-12-26(27)31-36-28(33(43)40(31)34)22-30(41)39-20-18-38(19-21-39)25-10-6-5-7-11-25/h5-17,28-29H,3-4,18-22H2,1-2H3,(H,35,42). The number of benzene rings is 3. The summed E-state index contributed by atoms with van der Waals surface area (Å²) in [5.74, 6) is -0.0444. The Bertz CT molecular complexity index is 1600. The van der Waals surface area contributed by atoms with Crippen molar-refractivity contribution in [1.29, 1.82) is 0 Å². The van der Waals surface area contributed by atoms with Crippen molar-refractivity contribution in [3.8, 4) is 0 Å². The number of amidine groups is 2. The summed E-state index contributed by atoms with van der Waals surface area (Å²) in [6.07, 6.45) is 1.46. The fourth-order valence-corrected chi connectivity index (χ4v) is 6.68. The van der Waals surface area contributed by atoms with Crippen molar-refractivity contribution in [3.63, 3.8) is 0 Å². The molecule has 0 aliphatic carbocycles. The number of hydrogen-bond donors (Lipinski definition) is 1. The highest BCUT2D eigenvalue weighted by Crippen LogP contribution is 2.36. The van der Waals surface area contributed by atoms with Gasteiger partial charge in [0, 0.05) is 43.1 Å². The molecule has 2 unspecified atom stereocenters. The van der Waals surface area contributed by atoms with Crippen molar-refractivity contribution in [2.45, 2.75) is 44.4 Å². The number of thioether (sulfide) groups is 1. The molecule has 44 heavy (non-hydrogen) atoms. The van der Waals surface area contributed by atoms with Gasteiger partial charge in [-0.05, 0) is 54.8 Å². The molecule has 0 saturated carbocycles. The Morgan fingerprint density at radius 2 is 1.64 bits per heavy atom. The first-order valence-corrected chi connectivity index (χ1v) is 16.1. The minimum atomic E-state index is -0.840. The smallest absolute Gasteiger partial charge is 0.259 e. The summed E-state index contributed by atoms with van der Waals surface area (Å²) in [4.78, 5) is 55.7. The number of nitrogens with one attached hydrogen (secondary N) is 1. The number of fused-ring (bicyclic) bond motifs is 3. The quantitative estimate of drug-likeness (QED) is 0.384. The predicted molar refractivity (Wildman–Crippen MR) is 177 cm³/mol. The van der Waals surface area contributed by atoms with Crippen molar-refractivity contribution in [1.82, 2.24) is 9.80 Å². The fourth-order valence-electron chi connectivity index (χ4n) is 5.66. The number of aryl methyl sites for hydroxylation is 1. The summed E-state index contributed by atoms with van der Waals surface area (Å²) in [7, 11) is 0. The van der Waals surface area contributed by atoms with Crippen LogP contribution in [0, 0.1) is 0 Å². The van der Waals surface area contributed by atoms with Crippen molar-refractivity contribution < 1.29 is 14.4 Å². The normalized spacial score (nSPS) is 18.3. The Labute approximate surface area is 262 Å². The summed E-state index contributed by atoms with van der Waals surface area (Å²) in [6.45, 7) is 6.68. The largest absolute Gasteiger partial charge is 0.368 e. The van der Waals surface area contributed by atoms with Gasteiger partial charge in [0.15, 0.2) is 5.17 Å². The molecule has 226 valence electrons. The van der Waals surface area contributed by atoms with Crippen LogP contribution in [0.5, 0.6) is 0 Å². The zero-order chi connectivity index (χ0) is 30.6. The SMILES string of the molecule is CCc1ccc(NC(=O)C(CC)SC2=Nc3ccccc3C3=NC(CC(=O)N4CCN(c5ccccc5)CC4)C(=O)N23)cc1. The van der Waals surface area contributed by atoms with E-state index in [2.05, 4.69) is 29.3 Å². The van der Waals surface area contributed by atoms with E-state index in [1.165, 1.54) is 22.2 Å². The lowest BCUT2D eigenvalue weighted by Crippen LogP contribution is -2.50. The molecule has 3 aliphatic rings. The minimum Gasteiger partial charge on any atom is -0.368 e. The van der Waals surface area contributed by atoms with Crippen LogP contribution in [0.15, 0.2) is 88.8 Å². The molecule has 9 nitrogen and oxygen atoms in total. The lowest BCUT2D eigenvalue weighted by molar-refractivity contribution is -0.135. The van der Waals surface area contributed by atoms with Crippen LogP contribution in [0.1, 0.15) is 37.8 Å². The first-order chi connectivity index (χ1) is 21.4. The van der Waals surface area contributed by atoms with Gasteiger partial charge in [0.25, 0.3) is 5.91 Å².